The number of carbonyl (C=O) groups excluding carboxylic acids is 1. The normalized spacial score (nSPS) is 6.89. The summed E-state index contributed by atoms with van der Waals surface area (Å²) in [5.41, 5.74) is 0. The number of pyridine rings is 1. The van der Waals surface area contributed by atoms with E-state index in [0.717, 1.165) is 4.80 Å². The van der Waals surface area contributed by atoms with Gasteiger partial charge in [0.25, 0.3) is 0 Å². The average Bonchev–Trinajstić information content (AvgIpc) is 1.93. The molecule has 0 bridgehead atoms. The van der Waals surface area contributed by atoms with Crippen molar-refractivity contribution in [2.24, 2.45) is 0 Å². The molecule has 1 rings (SSSR count). The molecule has 0 aliphatic rings. The van der Waals surface area contributed by atoms with E-state index in [1.165, 1.54) is 18.9 Å². The van der Waals surface area contributed by atoms with Crippen LogP contribution in [-0.4, -0.2) is 9.78 Å². The van der Waals surface area contributed by atoms with Gasteiger partial charge in [-0.2, -0.15) is 0 Å². The first-order valence-corrected chi connectivity index (χ1v) is 3.66. The molecule has 0 aliphatic heterocycles. The van der Waals surface area contributed by atoms with Gasteiger partial charge in [-0.05, 0) is 12.1 Å². The maximum Gasteiger partial charge on any atom is 0.0267 e. The van der Waals surface area contributed by atoms with E-state index in [2.05, 4.69) is 4.98 Å². The van der Waals surface area contributed by atoms with Gasteiger partial charge < -0.3 is 0 Å². The number of hydrogen-bond donors (Lipinski definition) is 0. The van der Waals surface area contributed by atoms with E-state index in [1.807, 2.05) is 18.2 Å². The van der Waals surface area contributed by atoms with E-state index >= 15 is 0 Å². The predicted octanol–water partition coefficient (Wildman–Crippen LogP) is 0.805. The summed E-state index contributed by atoms with van der Waals surface area (Å²) in [5.74, 6) is 0. The first-order chi connectivity index (χ1) is 4.41. The van der Waals surface area contributed by atoms with Crippen molar-refractivity contribution in [3.8, 4) is 0 Å². The van der Waals surface area contributed by atoms with Crippen molar-refractivity contribution < 1.29 is 23.7 Å². The number of aromatic nitrogens is 1. The van der Waals surface area contributed by atoms with Gasteiger partial charge >= 0.3 is 28.5 Å². The molecule has 0 aromatic carbocycles. The van der Waals surface area contributed by atoms with Gasteiger partial charge in [0.05, 0.1) is 0 Å². The Morgan fingerprint density at radius 2 is 1.67 bits per heavy atom. The number of carbonyl (C=O) groups is 1. The fourth-order valence-corrected chi connectivity index (χ4v) is 0.313. The molecule has 1 heterocycles. The molecule has 50 valence electrons. The van der Waals surface area contributed by atoms with Gasteiger partial charge in [0.1, 0.15) is 0 Å². The Bertz CT molecular complexity index is 116. The Labute approximate surface area is 64.5 Å². The second kappa shape index (κ2) is 7.47. The zero-order valence-corrected chi connectivity index (χ0v) is 7.05. The maximum absolute atomic E-state index is 8.81. The van der Waals surface area contributed by atoms with Crippen molar-refractivity contribution in [3.05, 3.63) is 30.6 Å². The Morgan fingerprint density at radius 3 is 1.78 bits per heavy atom. The predicted molar refractivity (Wildman–Crippen MR) is 31.0 cm³/mol. The van der Waals surface area contributed by atoms with E-state index in [1.54, 1.807) is 12.4 Å². The summed E-state index contributed by atoms with van der Waals surface area (Å²) in [6.45, 7) is 0. The van der Waals surface area contributed by atoms with Crippen LogP contribution in [0.2, 0.25) is 0 Å². The van der Waals surface area contributed by atoms with Crippen LogP contribution in [0.4, 0.5) is 0 Å². The van der Waals surface area contributed by atoms with Crippen LogP contribution in [0.15, 0.2) is 30.6 Å². The number of hydrogen-bond acceptors (Lipinski definition) is 2. The quantitative estimate of drug-likeness (QED) is 0.664. The standard InChI is InChI=1S/C5H5N.CHO.Ir/c1-2-4-6-5-3-1;1-2;/h1-5H;1H;. The van der Waals surface area contributed by atoms with Gasteiger partial charge in [-0.25, -0.2) is 0 Å². The minimum Gasteiger partial charge on any atom is -0.265 e. The molecular weight excluding hydrogens is 294 g/mol. The second-order valence-corrected chi connectivity index (χ2v) is 1.67. The van der Waals surface area contributed by atoms with Crippen LogP contribution in [0, 0.1) is 0 Å². The fraction of sp³-hybridized carbons (Fsp3) is 0. The first-order valence-electron chi connectivity index (χ1n) is 2.28. The number of rotatable bonds is 0. The Balaban J connectivity index is 0.000000187. The van der Waals surface area contributed by atoms with Crippen LogP contribution in [0.3, 0.4) is 0 Å². The molecule has 0 radical (unpaired) electrons. The molecule has 0 fully saturated rings. The summed E-state index contributed by atoms with van der Waals surface area (Å²) in [6.07, 6.45) is 3.50. The molecule has 0 aliphatic carbocycles. The molecule has 2 nitrogen and oxygen atoms in total. The Hall–Kier alpha value is -0.531. The van der Waals surface area contributed by atoms with E-state index in [9.17, 15) is 0 Å². The van der Waals surface area contributed by atoms with Crippen LogP contribution in [-0.2, 0) is 23.7 Å². The smallest absolute Gasteiger partial charge is 0.0267 e. The first kappa shape index (κ1) is 8.47. The van der Waals surface area contributed by atoms with Crippen molar-refractivity contribution >= 4 is 4.80 Å². The molecule has 0 saturated carbocycles. The topological polar surface area (TPSA) is 30.0 Å². The van der Waals surface area contributed by atoms with Crippen molar-refractivity contribution in [1.82, 2.24) is 4.98 Å². The third-order valence-electron chi connectivity index (χ3n) is 0.566. The molecule has 0 amide bonds. The van der Waals surface area contributed by atoms with E-state index in [0.29, 0.717) is 0 Å². The van der Waals surface area contributed by atoms with Crippen LogP contribution in [0.25, 0.3) is 0 Å². The average molecular weight is 300 g/mol. The van der Waals surface area contributed by atoms with Gasteiger partial charge in [-0.1, -0.05) is 6.07 Å². The monoisotopic (exact) mass is 301 g/mol. The molecule has 1 aromatic rings. The molecule has 1 aromatic heterocycles. The third kappa shape index (κ3) is 7.47. The van der Waals surface area contributed by atoms with Crippen LogP contribution >= 0.6 is 0 Å². The molecule has 0 unspecified atom stereocenters. The van der Waals surface area contributed by atoms with E-state index in [4.69, 9.17) is 4.79 Å². The molecular formula is C6H6IrNO. The minimum absolute atomic E-state index is 0.750. The molecule has 0 atom stereocenters. The van der Waals surface area contributed by atoms with Crippen molar-refractivity contribution in [2.45, 2.75) is 0 Å². The number of nitrogens with zero attached hydrogens (tertiary/aromatic N) is 1. The zero-order valence-electron chi connectivity index (χ0n) is 4.65. The molecule has 0 N–H and O–H groups in total. The minimum atomic E-state index is 0.750. The molecule has 9 heavy (non-hydrogen) atoms. The summed E-state index contributed by atoms with van der Waals surface area (Å²) in [5, 5.41) is 0. The fourth-order valence-electron chi connectivity index (χ4n) is 0.313. The van der Waals surface area contributed by atoms with Gasteiger partial charge in [0, 0.05) is 12.4 Å². The summed E-state index contributed by atoms with van der Waals surface area (Å²) >= 11 is 1.44. The molecule has 3 heteroatoms. The summed E-state index contributed by atoms with van der Waals surface area (Å²) in [6, 6.07) is 5.72. The third-order valence-corrected chi connectivity index (χ3v) is 0.566. The van der Waals surface area contributed by atoms with E-state index < -0.39 is 0 Å². The van der Waals surface area contributed by atoms with Gasteiger partial charge in [-0.3, -0.25) is 4.98 Å². The van der Waals surface area contributed by atoms with Gasteiger partial charge in [0.15, 0.2) is 0 Å². The maximum atomic E-state index is 8.81. The molecule has 0 saturated heterocycles. The largest absolute Gasteiger partial charge is 0.265 e. The van der Waals surface area contributed by atoms with Crippen molar-refractivity contribution in [3.63, 3.8) is 0 Å². The summed E-state index contributed by atoms with van der Waals surface area (Å²) in [7, 11) is 0. The van der Waals surface area contributed by atoms with Crippen molar-refractivity contribution in [2.75, 3.05) is 0 Å². The van der Waals surface area contributed by atoms with Crippen LogP contribution < -0.4 is 0 Å². The van der Waals surface area contributed by atoms with Crippen LogP contribution in [0.5, 0.6) is 0 Å². The summed E-state index contributed by atoms with van der Waals surface area (Å²) < 4.78 is 0. The van der Waals surface area contributed by atoms with Crippen LogP contribution in [0.1, 0.15) is 0 Å². The molecule has 0 spiro atoms. The Morgan fingerprint density at radius 1 is 1.22 bits per heavy atom. The van der Waals surface area contributed by atoms with E-state index in [-0.39, 0.29) is 0 Å². The summed E-state index contributed by atoms with van der Waals surface area (Å²) in [4.78, 5) is 13.3. The van der Waals surface area contributed by atoms with Gasteiger partial charge in [-0.15, -0.1) is 0 Å². The van der Waals surface area contributed by atoms with Crippen molar-refractivity contribution in [1.29, 1.82) is 0 Å². The van der Waals surface area contributed by atoms with Gasteiger partial charge in [0.2, 0.25) is 0 Å². The zero-order chi connectivity index (χ0) is 6.95. The SMILES string of the molecule is O=[CH][Ir].c1ccncc1. The Kier molecular flexibility index (Phi) is 7.03. The second-order valence-electron chi connectivity index (χ2n) is 1.10.